The van der Waals surface area contributed by atoms with Crippen molar-refractivity contribution in [1.29, 1.82) is 0 Å². The highest BCUT2D eigenvalue weighted by atomic mass is 35.5. The van der Waals surface area contributed by atoms with Crippen LogP contribution in [-0.2, 0) is 5.41 Å². The maximum absolute atomic E-state index is 12.0. The van der Waals surface area contributed by atoms with Crippen molar-refractivity contribution in [2.45, 2.75) is 58.4 Å². The molecular formula is C16H23ClO2. The standard InChI is InChI=1S/C16H23ClO2/c1-10(2)19-14-8-7-12(15(18)11(3)17)9-13(14)16(4,5)6/h7-11H,1-6H3. The number of rotatable bonds is 4. The molecule has 0 aliphatic carbocycles. The van der Waals surface area contributed by atoms with Gasteiger partial charge in [-0.15, -0.1) is 11.6 Å². The van der Waals surface area contributed by atoms with Crippen LogP contribution in [0.25, 0.3) is 0 Å². The van der Waals surface area contributed by atoms with E-state index in [-0.39, 0.29) is 17.3 Å². The van der Waals surface area contributed by atoms with E-state index in [1.165, 1.54) is 0 Å². The van der Waals surface area contributed by atoms with Crippen molar-refractivity contribution >= 4 is 17.4 Å². The van der Waals surface area contributed by atoms with Gasteiger partial charge in [0.25, 0.3) is 0 Å². The lowest BCUT2D eigenvalue weighted by molar-refractivity contribution is 0.0991. The summed E-state index contributed by atoms with van der Waals surface area (Å²) >= 11 is 5.87. The fraction of sp³-hybridized carbons (Fsp3) is 0.562. The highest BCUT2D eigenvalue weighted by Gasteiger charge is 2.22. The summed E-state index contributed by atoms with van der Waals surface area (Å²) in [5, 5.41) is -0.510. The van der Waals surface area contributed by atoms with Crippen molar-refractivity contribution in [3.05, 3.63) is 29.3 Å². The molecule has 0 saturated carbocycles. The molecule has 0 N–H and O–H groups in total. The molecule has 1 rings (SSSR count). The van der Waals surface area contributed by atoms with Gasteiger partial charge in [-0.05, 0) is 44.4 Å². The van der Waals surface area contributed by atoms with Crippen molar-refractivity contribution in [1.82, 2.24) is 0 Å². The average Bonchev–Trinajstić information content (AvgIpc) is 2.26. The van der Waals surface area contributed by atoms with Crippen molar-refractivity contribution in [2.75, 3.05) is 0 Å². The van der Waals surface area contributed by atoms with E-state index in [0.29, 0.717) is 5.56 Å². The van der Waals surface area contributed by atoms with Crippen LogP contribution in [0, 0.1) is 0 Å². The Balaban J connectivity index is 3.27. The zero-order valence-corrected chi connectivity index (χ0v) is 13.3. The van der Waals surface area contributed by atoms with Gasteiger partial charge in [0.15, 0.2) is 5.78 Å². The largest absolute Gasteiger partial charge is 0.491 e. The molecule has 1 aromatic rings. The van der Waals surface area contributed by atoms with Crippen molar-refractivity contribution in [3.63, 3.8) is 0 Å². The van der Waals surface area contributed by atoms with E-state index in [1.54, 1.807) is 13.0 Å². The molecule has 0 saturated heterocycles. The Hall–Kier alpha value is -1.02. The summed E-state index contributed by atoms with van der Waals surface area (Å²) in [6, 6.07) is 5.56. The van der Waals surface area contributed by atoms with Crippen molar-refractivity contribution < 1.29 is 9.53 Å². The van der Waals surface area contributed by atoms with E-state index >= 15 is 0 Å². The van der Waals surface area contributed by atoms with E-state index in [1.807, 2.05) is 26.0 Å². The molecule has 1 unspecified atom stereocenters. The predicted molar refractivity (Wildman–Crippen MR) is 80.6 cm³/mol. The molecule has 0 aliphatic heterocycles. The number of Topliss-reactive ketones (excluding diaryl/α,β-unsaturated/α-hetero) is 1. The zero-order chi connectivity index (χ0) is 14.8. The van der Waals surface area contributed by atoms with Gasteiger partial charge in [0, 0.05) is 11.1 Å². The van der Waals surface area contributed by atoms with Gasteiger partial charge < -0.3 is 4.74 Å². The first-order valence-electron chi connectivity index (χ1n) is 6.62. The molecule has 19 heavy (non-hydrogen) atoms. The van der Waals surface area contributed by atoms with Crippen molar-refractivity contribution in [2.24, 2.45) is 0 Å². The number of hydrogen-bond donors (Lipinski definition) is 0. The Labute approximate surface area is 121 Å². The number of halogens is 1. The van der Waals surface area contributed by atoms with Crippen LogP contribution in [0.5, 0.6) is 5.75 Å². The Morgan fingerprint density at radius 2 is 1.79 bits per heavy atom. The number of ether oxygens (including phenoxy) is 1. The zero-order valence-electron chi connectivity index (χ0n) is 12.6. The lowest BCUT2D eigenvalue weighted by Crippen LogP contribution is -2.18. The third-order valence-corrected chi connectivity index (χ3v) is 2.99. The number of carbonyl (C=O) groups is 1. The molecule has 0 heterocycles. The lowest BCUT2D eigenvalue weighted by atomic mass is 9.84. The Bertz CT molecular complexity index is 456. The van der Waals surface area contributed by atoms with Gasteiger partial charge in [0.2, 0.25) is 0 Å². The SMILES string of the molecule is CC(C)Oc1ccc(C(=O)C(C)Cl)cc1C(C)(C)C. The minimum atomic E-state index is -0.510. The quantitative estimate of drug-likeness (QED) is 0.597. The molecule has 2 nitrogen and oxygen atoms in total. The molecule has 0 aromatic heterocycles. The van der Waals surface area contributed by atoms with Gasteiger partial charge in [-0.3, -0.25) is 4.79 Å². The highest BCUT2D eigenvalue weighted by Crippen LogP contribution is 2.33. The van der Waals surface area contributed by atoms with Crippen LogP contribution >= 0.6 is 11.6 Å². The van der Waals surface area contributed by atoms with Crippen LogP contribution in [0.4, 0.5) is 0 Å². The first-order chi connectivity index (χ1) is 8.62. The molecule has 1 aromatic carbocycles. The number of hydrogen-bond acceptors (Lipinski definition) is 2. The van der Waals surface area contributed by atoms with Gasteiger partial charge in [-0.1, -0.05) is 20.8 Å². The summed E-state index contributed by atoms with van der Waals surface area (Å²) in [6.07, 6.45) is 0.106. The van der Waals surface area contributed by atoms with Crippen LogP contribution in [-0.4, -0.2) is 17.3 Å². The van der Waals surface area contributed by atoms with Crippen LogP contribution < -0.4 is 4.74 Å². The fourth-order valence-corrected chi connectivity index (χ4v) is 1.98. The molecule has 0 amide bonds. The Morgan fingerprint density at radius 1 is 1.21 bits per heavy atom. The van der Waals surface area contributed by atoms with E-state index in [4.69, 9.17) is 16.3 Å². The smallest absolute Gasteiger partial charge is 0.180 e. The first kappa shape index (κ1) is 16.0. The van der Waals surface area contributed by atoms with Gasteiger partial charge in [-0.2, -0.15) is 0 Å². The first-order valence-corrected chi connectivity index (χ1v) is 7.06. The number of alkyl halides is 1. The average molecular weight is 283 g/mol. The molecule has 0 bridgehead atoms. The third-order valence-electron chi connectivity index (χ3n) is 2.80. The normalized spacial score (nSPS) is 13.5. The number of carbonyl (C=O) groups excluding carboxylic acids is 1. The molecule has 106 valence electrons. The second kappa shape index (κ2) is 5.96. The van der Waals surface area contributed by atoms with Gasteiger partial charge in [-0.25, -0.2) is 0 Å². The Morgan fingerprint density at radius 3 is 2.21 bits per heavy atom. The third kappa shape index (κ3) is 4.24. The summed E-state index contributed by atoms with van der Waals surface area (Å²) in [5.41, 5.74) is 1.59. The topological polar surface area (TPSA) is 26.3 Å². The van der Waals surface area contributed by atoms with Gasteiger partial charge in [0.1, 0.15) is 5.75 Å². The Kier molecular flexibility index (Phi) is 5.03. The molecule has 0 aliphatic rings. The summed E-state index contributed by atoms with van der Waals surface area (Å²) in [6.45, 7) is 12.0. The number of benzene rings is 1. The second-order valence-corrected chi connectivity index (χ2v) is 6.76. The summed E-state index contributed by atoms with van der Waals surface area (Å²) in [7, 11) is 0. The molecule has 1 atom stereocenters. The minimum absolute atomic E-state index is 0.0525. The summed E-state index contributed by atoms with van der Waals surface area (Å²) < 4.78 is 5.82. The highest BCUT2D eigenvalue weighted by molar-refractivity contribution is 6.33. The predicted octanol–water partition coefficient (Wildman–Crippen LogP) is 4.58. The fourth-order valence-electron chi connectivity index (χ4n) is 1.86. The molecule has 3 heteroatoms. The summed E-state index contributed by atoms with van der Waals surface area (Å²) in [5.74, 6) is 0.782. The van der Waals surface area contributed by atoms with Crippen LogP contribution in [0.2, 0.25) is 0 Å². The second-order valence-electron chi connectivity index (χ2n) is 6.11. The van der Waals surface area contributed by atoms with Gasteiger partial charge in [0.05, 0.1) is 11.5 Å². The van der Waals surface area contributed by atoms with E-state index in [9.17, 15) is 4.79 Å². The van der Waals surface area contributed by atoms with E-state index < -0.39 is 5.38 Å². The maximum atomic E-state index is 12.0. The number of ketones is 1. The monoisotopic (exact) mass is 282 g/mol. The molecular weight excluding hydrogens is 260 g/mol. The van der Waals surface area contributed by atoms with E-state index in [2.05, 4.69) is 20.8 Å². The minimum Gasteiger partial charge on any atom is -0.491 e. The lowest BCUT2D eigenvalue weighted by Gasteiger charge is -2.25. The van der Waals surface area contributed by atoms with Crippen LogP contribution in [0.1, 0.15) is 57.5 Å². The summed E-state index contributed by atoms with van der Waals surface area (Å²) in [4.78, 5) is 12.0. The van der Waals surface area contributed by atoms with E-state index in [0.717, 1.165) is 11.3 Å². The maximum Gasteiger partial charge on any atom is 0.180 e. The van der Waals surface area contributed by atoms with Crippen LogP contribution in [0.15, 0.2) is 18.2 Å². The molecule has 0 spiro atoms. The molecule has 0 fully saturated rings. The van der Waals surface area contributed by atoms with Crippen LogP contribution in [0.3, 0.4) is 0 Å². The van der Waals surface area contributed by atoms with Gasteiger partial charge >= 0.3 is 0 Å². The molecule has 0 radical (unpaired) electrons. The van der Waals surface area contributed by atoms with Crippen molar-refractivity contribution in [3.8, 4) is 5.75 Å².